The Labute approximate surface area is 160 Å². The number of hydrogen-bond acceptors (Lipinski definition) is 4. The molecular weight excluding hydrogens is 370 g/mol. The van der Waals surface area contributed by atoms with E-state index in [0.717, 1.165) is 12.1 Å². The third-order valence-corrected chi connectivity index (χ3v) is 3.63. The SMILES string of the molecule is COc1ccc(C(=O)NCC#CCNC(=O)c2ccc(OC)c(F)c2)cc1F. The summed E-state index contributed by atoms with van der Waals surface area (Å²) in [7, 11) is 2.66. The number of rotatable bonds is 6. The first-order chi connectivity index (χ1) is 13.5. The van der Waals surface area contributed by atoms with Gasteiger partial charge in [0, 0.05) is 11.1 Å². The molecule has 0 bridgehead atoms. The van der Waals surface area contributed by atoms with Crippen LogP contribution in [0.1, 0.15) is 20.7 Å². The lowest BCUT2D eigenvalue weighted by Gasteiger charge is -2.05. The van der Waals surface area contributed by atoms with E-state index in [9.17, 15) is 18.4 Å². The lowest BCUT2D eigenvalue weighted by atomic mass is 10.2. The van der Waals surface area contributed by atoms with Gasteiger partial charge in [0.25, 0.3) is 11.8 Å². The molecule has 0 aliphatic rings. The summed E-state index contributed by atoms with van der Waals surface area (Å²) in [5.74, 6) is 3.13. The van der Waals surface area contributed by atoms with E-state index in [4.69, 9.17) is 9.47 Å². The molecule has 28 heavy (non-hydrogen) atoms. The number of ether oxygens (including phenoxy) is 2. The molecule has 2 rings (SSSR count). The van der Waals surface area contributed by atoms with Crippen LogP contribution in [0.4, 0.5) is 8.78 Å². The van der Waals surface area contributed by atoms with Crippen molar-refractivity contribution in [3.63, 3.8) is 0 Å². The van der Waals surface area contributed by atoms with Crippen LogP contribution >= 0.6 is 0 Å². The van der Waals surface area contributed by atoms with Gasteiger partial charge in [0.05, 0.1) is 27.3 Å². The topological polar surface area (TPSA) is 76.7 Å². The quantitative estimate of drug-likeness (QED) is 0.744. The second kappa shape index (κ2) is 9.92. The van der Waals surface area contributed by atoms with Crippen molar-refractivity contribution in [2.75, 3.05) is 27.3 Å². The minimum absolute atomic E-state index is 0.0134. The fourth-order valence-electron chi connectivity index (χ4n) is 2.19. The van der Waals surface area contributed by atoms with Crippen LogP contribution in [-0.4, -0.2) is 39.1 Å². The van der Waals surface area contributed by atoms with Crippen molar-refractivity contribution in [2.45, 2.75) is 0 Å². The molecule has 146 valence electrons. The molecule has 2 amide bonds. The Morgan fingerprint density at radius 3 is 1.54 bits per heavy atom. The predicted octanol–water partition coefficient (Wildman–Crippen LogP) is 2.15. The highest BCUT2D eigenvalue weighted by atomic mass is 19.1. The van der Waals surface area contributed by atoms with Crippen molar-refractivity contribution < 1.29 is 27.8 Å². The first kappa shape index (κ1) is 20.7. The minimum atomic E-state index is -0.640. The molecule has 2 N–H and O–H groups in total. The Balaban J connectivity index is 1.79. The van der Waals surface area contributed by atoms with Crippen LogP contribution in [0.2, 0.25) is 0 Å². The van der Waals surface area contributed by atoms with Crippen LogP contribution in [-0.2, 0) is 0 Å². The van der Waals surface area contributed by atoms with E-state index < -0.39 is 23.4 Å². The average molecular weight is 388 g/mol. The van der Waals surface area contributed by atoms with E-state index in [1.54, 1.807) is 0 Å². The fourth-order valence-corrected chi connectivity index (χ4v) is 2.19. The van der Waals surface area contributed by atoms with Gasteiger partial charge in [0.2, 0.25) is 0 Å². The zero-order valence-electron chi connectivity index (χ0n) is 15.3. The summed E-state index contributed by atoms with van der Waals surface area (Å²) in [4.78, 5) is 23.8. The second-order valence-corrected chi connectivity index (χ2v) is 5.42. The standard InChI is InChI=1S/C20H18F2N2O4/c1-27-17-7-5-13(11-15(17)21)19(25)23-9-3-4-10-24-20(26)14-6-8-18(28-2)16(22)12-14/h5-8,11-12H,9-10H2,1-2H3,(H,23,25)(H,24,26). The van der Waals surface area contributed by atoms with Crippen molar-refractivity contribution in [1.82, 2.24) is 10.6 Å². The molecular formula is C20H18F2N2O4. The Hall–Kier alpha value is -3.60. The van der Waals surface area contributed by atoms with E-state index in [2.05, 4.69) is 22.5 Å². The molecule has 0 aliphatic heterocycles. The molecule has 0 atom stereocenters. The summed E-state index contributed by atoms with van der Waals surface area (Å²) in [6.07, 6.45) is 0. The number of amides is 2. The first-order valence-electron chi connectivity index (χ1n) is 8.15. The van der Waals surface area contributed by atoms with Gasteiger partial charge < -0.3 is 20.1 Å². The molecule has 6 nitrogen and oxygen atoms in total. The van der Waals surface area contributed by atoms with E-state index in [1.807, 2.05) is 0 Å². The van der Waals surface area contributed by atoms with Crippen LogP contribution in [0.5, 0.6) is 11.5 Å². The molecule has 0 spiro atoms. The molecule has 2 aromatic rings. The largest absolute Gasteiger partial charge is 0.494 e. The highest BCUT2D eigenvalue weighted by molar-refractivity contribution is 5.95. The molecule has 0 fully saturated rings. The Bertz CT molecular complexity index is 862. The van der Waals surface area contributed by atoms with Crippen molar-refractivity contribution in [2.24, 2.45) is 0 Å². The zero-order chi connectivity index (χ0) is 20.5. The Morgan fingerprint density at radius 2 is 1.21 bits per heavy atom. The van der Waals surface area contributed by atoms with Crippen LogP contribution < -0.4 is 20.1 Å². The smallest absolute Gasteiger partial charge is 0.252 e. The van der Waals surface area contributed by atoms with Crippen LogP contribution in [0.3, 0.4) is 0 Å². The summed E-state index contributed by atoms with van der Waals surface area (Å²) in [5.41, 5.74) is 0.268. The van der Waals surface area contributed by atoms with Crippen molar-refractivity contribution in [1.29, 1.82) is 0 Å². The summed E-state index contributed by atoms with van der Waals surface area (Å²) < 4.78 is 36.7. The van der Waals surface area contributed by atoms with E-state index in [1.165, 1.54) is 38.5 Å². The maximum atomic E-state index is 13.6. The number of hydrogen-bond donors (Lipinski definition) is 2. The summed E-state index contributed by atoms with van der Waals surface area (Å²) >= 11 is 0. The summed E-state index contributed by atoms with van der Waals surface area (Å²) in [6.45, 7) is 0.0268. The van der Waals surface area contributed by atoms with Crippen molar-refractivity contribution in [3.05, 3.63) is 59.2 Å². The average Bonchev–Trinajstić information content (AvgIpc) is 2.70. The number of benzene rings is 2. The van der Waals surface area contributed by atoms with Gasteiger partial charge in [-0.05, 0) is 36.4 Å². The van der Waals surface area contributed by atoms with Crippen molar-refractivity contribution in [3.8, 4) is 23.3 Å². The number of carbonyl (C=O) groups is 2. The van der Waals surface area contributed by atoms with Crippen LogP contribution in [0.15, 0.2) is 36.4 Å². The maximum absolute atomic E-state index is 13.6. The lowest BCUT2D eigenvalue weighted by molar-refractivity contribution is 0.0949. The predicted molar refractivity (Wildman–Crippen MR) is 98.3 cm³/mol. The van der Waals surface area contributed by atoms with E-state index in [0.29, 0.717) is 0 Å². The molecule has 0 unspecified atom stereocenters. The number of methoxy groups -OCH3 is 2. The van der Waals surface area contributed by atoms with E-state index in [-0.39, 0.29) is 35.7 Å². The number of halogens is 2. The highest BCUT2D eigenvalue weighted by Crippen LogP contribution is 2.18. The van der Waals surface area contributed by atoms with Gasteiger partial charge in [-0.2, -0.15) is 0 Å². The summed E-state index contributed by atoms with van der Waals surface area (Å²) in [6, 6.07) is 7.70. The third-order valence-electron chi connectivity index (χ3n) is 3.63. The van der Waals surface area contributed by atoms with Gasteiger partial charge in [-0.1, -0.05) is 11.8 Å². The molecule has 0 aromatic heterocycles. The fraction of sp³-hybridized carbons (Fsp3) is 0.200. The molecule has 0 radical (unpaired) electrons. The van der Waals surface area contributed by atoms with Gasteiger partial charge in [0.1, 0.15) is 0 Å². The van der Waals surface area contributed by atoms with Crippen molar-refractivity contribution >= 4 is 11.8 Å². The van der Waals surface area contributed by atoms with Gasteiger partial charge >= 0.3 is 0 Å². The van der Waals surface area contributed by atoms with Gasteiger partial charge in [-0.25, -0.2) is 8.78 Å². The lowest BCUT2D eigenvalue weighted by Crippen LogP contribution is -2.25. The molecule has 0 saturated heterocycles. The van der Waals surface area contributed by atoms with Crippen LogP contribution in [0.25, 0.3) is 0 Å². The van der Waals surface area contributed by atoms with Gasteiger partial charge in [-0.3, -0.25) is 9.59 Å². The highest BCUT2D eigenvalue weighted by Gasteiger charge is 2.10. The van der Waals surface area contributed by atoms with Gasteiger partial charge in [0.15, 0.2) is 23.1 Å². The monoisotopic (exact) mass is 388 g/mol. The zero-order valence-corrected chi connectivity index (χ0v) is 15.3. The molecule has 0 heterocycles. The second-order valence-electron chi connectivity index (χ2n) is 5.42. The number of carbonyl (C=O) groups excluding carboxylic acids is 2. The van der Waals surface area contributed by atoms with Gasteiger partial charge in [-0.15, -0.1) is 0 Å². The minimum Gasteiger partial charge on any atom is -0.494 e. The normalized spacial score (nSPS) is 9.71. The molecule has 0 aliphatic carbocycles. The maximum Gasteiger partial charge on any atom is 0.252 e. The molecule has 8 heteroatoms. The van der Waals surface area contributed by atoms with Crippen LogP contribution in [0, 0.1) is 23.5 Å². The molecule has 2 aromatic carbocycles. The number of nitrogens with one attached hydrogen (secondary N) is 2. The summed E-state index contributed by atoms with van der Waals surface area (Å²) in [5, 5.41) is 5.01. The first-order valence-corrected chi connectivity index (χ1v) is 8.15. The van der Waals surface area contributed by atoms with E-state index >= 15 is 0 Å². The Kier molecular flexibility index (Phi) is 7.34. The third kappa shape index (κ3) is 5.45. The Morgan fingerprint density at radius 1 is 0.821 bits per heavy atom. The molecule has 0 saturated carbocycles.